The minimum absolute atomic E-state index is 0.223. The number of hydrogen-bond acceptors (Lipinski definition) is 3. The number of aromatic nitrogens is 1. The minimum atomic E-state index is -0.443. The van der Waals surface area contributed by atoms with Crippen molar-refractivity contribution < 1.29 is 5.11 Å². The molecular formula is C19H22N2O. The van der Waals surface area contributed by atoms with Gasteiger partial charge < -0.3 is 5.11 Å². The summed E-state index contributed by atoms with van der Waals surface area (Å²) in [6.45, 7) is 6.11. The maximum absolute atomic E-state index is 11.0. The Hall–Kier alpha value is -1.71. The van der Waals surface area contributed by atoms with Gasteiger partial charge in [0.2, 0.25) is 0 Å². The molecule has 0 amide bonds. The molecule has 3 fully saturated rings. The van der Waals surface area contributed by atoms with Gasteiger partial charge in [0, 0.05) is 24.2 Å². The van der Waals surface area contributed by atoms with Crippen LogP contribution in [0.3, 0.4) is 0 Å². The molecule has 1 aromatic carbocycles. The molecule has 3 aliphatic heterocycles. The zero-order valence-corrected chi connectivity index (χ0v) is 12.7. The Labute approximate surface area is 131 Å². The van der Waals surface area contributed by atoms with Crippen molar-refractivity contribution in [2.75, 3.05) is 13.1 Å². The molecule has 5 atom stereocenters. The lowest BCUT2D eigenvalue weighted by Crippen LogP contribution is -2.54. The molecule has 2 aromatic rings. The van der Waals surface area contributed by atoms with Crippen molar-refractivity contribution in [2.24, 2.45) is 11.8 Å². The zero-order chi connectivity index (χ0) is 15.1. The number of rotatable bonds is 3. The van der Waals surface area contributed by atoms with E-state index < -0.39 is 6.10 Å². The zero-order valence-electron chi connectivity index (χ0n) is 12.7. The molecule has 22 heavy (non-hydrogen) atoms. The van der Waals surface area contributed by atoms with Gasteiger partial charge in [0.1, 0.15) is 0 Å². The fourth-order valence-corrected chi connectivity index (χ4v) is 4.29. The summed E-state index contributed by atoms with van der Waals surface area (Å²) in [7, 11) is 0. The van der Waals surface area contributed by atoms with Crippen LogP contribution >= 0.6 is 0 Å². The third kappa shape index (κ3) is 2.16. The lowest BCUT2D eigenvalue weighted by Gasteiger charge is -2.50. The fourth-order valence-electron chi connectivity index (χ4n) is 4.29. The van der Waals surface area contributed by atoms with Gasteiger partial charge in [-0.05, 0) is 48.9 Å². The van der Waals surface area contributed by atoms with Gasteiger partial charge in [0.25, 0.3) is 0 Å². The number of benzene rings is 1. The minimum Gasteiger partial charge on any atom is -0.387 e. The highest BCUT2D eigenvalue weighted by molar-refractivity contribution is 5.82. The van der Waals surface area contributed by atoms with Crippen LogP contribution in [0.5, 0.6) is 0 Å². The molecule has 3 saturated heterocycles. The average Bonchev–Trinajstić information content (AvgIpc) is 2.60. The maximum Gasteiger partial charge on any atom is 0.0952 e. The summed E-state index contributed by atoms with van der Waals surface area (Å²) in [5, 5.41) is 12.1. The van der Waals surface area contributed by atoms with E-state index in [9.17, 15) is 5.11 Å². The Bertz CT molecular complexity index is 693. The van der Waals surface area contributed by atoms with Crippen LogP contribution in [0.15, 0.2) is 49.2 Å². The van der Waals surface area contributed by atoms with Gasteiger partial charge in [0.15, 0.2) is 0 Å². The predicted molar refractivity (Wildman–Crippen MR) is 88.5 cm³/mol. The Morgan fingerprint density at radius 3 is 2.95 bits per heavy atom. The summed E-state index contributed by atoms with van der Waals surface area (Å²) in [6.07, 6.45) is 5.76. The molecule has 3 aliphatic rings. The number of aliphatic hydroxyl groups is 1. The first-order chi connectivity index (χ1) is 10.8. The second-order valence-corrected chi connectivity index (χ2v) is 6.61. The summed E-state index contributed by atoms with van der Waals surface area (Å²) in [5.41, 5.74) is 1.97. The van der Waals surface area contributed by atoms with Crippen LogP contribution in [-0.2, 0) is 0 Å². The highest BCUT2D eigenvalue weighted by atomic mass is 16.3. The average molecular weight is 294 g/mol. The maximum atomic E-state index is 11.0. The van der Waals surface area contributed by atoms with Crippen molar-refractivity contribution in [3.8, 4) is 0 Å². The third-order valence-corrected chi connectivity index (χ3v) is 5.52. The highest BCUT2D eigenvalue weighted by Crippen LogP contribution is 2.41. The van der Waals surface area contributed by atoms with Crippen LogP contribution in [0.2, 0.25) is 0 Å². The van der Waals surface area contributed by atoms with Gasteiger partial charge in [-0.1, -0.05) is 24.3 Å². The molecule has 0 spiro atoms. The van der Waals surface area contributed by atoms with Crippen molar-refractivity contribution in [2.45, 2.75) is 25.0 Å². The molecule has 1 N–H and O–H groups in total. The van der Waals surface area contributed by atoms with Crippen molar-refractivity contribution >= 4 is 10.9 Å². The number of fused-ring (bicyclic) bond motifs is 4. The molecule has 0 saturated carbocycles. The van der Waals surface area contributed by atoms with Crippen molar-refractivity contribution in [1.29, 1.82) is 0 Å². The van der Waals surface area contributed by atoms with Crippen LogP contribution in [0.1, 0.15) is 24.5 Å². The van der Waals surface area contributed by atoms with E-state index >= 15 is 0 Å². The number of para-hydroxylation sites is 1. The summed E-state index contributed by atoms with van der Waals surface area (Å²) >= 11 is 0. The van der Waals surface area contributed by atoms with Gasteiger partial charge in [-0.3, -0.25) is 9.88 Å². The molecule has 0 aliphatic carbocycles. The standard InChI is InChI=1S/C19H22N2O/c1-2-13-12-21-10-8-14(13)11-18(21)19(22)16-7-9-20-17-6-4-3-5-15(16)17/h2-7,9,13-14,18-19,22H,1,8,10-12H2/t13?,14?,18?,19-/m0/s1. The Morgan fingerprint density at radius 2 is 2.18 bits per heavy atom. The van der Waals surface area contributed by atoms with Crippen molar-refractivity contribution in [3.63, 3.8) is 0 Å². The number of hydrogen-bond donors (Lipinski definition) is 1. The Balaban J connectivity index is 1.67. The highest BCUT2D eigenvalue weighted by Gasteiger charge is 2.42. The lowest BCUT2D eigenvalue weighted by atomic mass is 9.73. The van der Waals surface area contributed by atoms with E-state index in [2.05, 4.69) is 28.6 Å². The first kappa shape index (κ1) is 13.9. The van der Waals surface area contributed by atoms with E-state index in [1.54, 1.807) is 0 Å². The first-order valence-corrected chi connectivity index (χ1v) is 8.16. The molecule has 4 heterocycles. The molecule has 0 radical (unpaired) electrons. The van der Waals surface area contributed by atoms with Crippen LogP contribution in [0.4, 0.5) is 0 Å². The monoisotopic (exact) mass is 294 g/mol. The molecule has 114 valence electrons. The molecule has 3 heteroatoms. The third-order valence-electron chi connectivity index (χ3n) is 5.52. The number of nitrogens with zero attached hydrogens (tertiary/aromatic N) is 2. The smallest absolute Gasteiger partial charge is 0.0952 e. The summed E-state index contributed by atoms with van der Waals surface area (Å²) in [4.78, 5) is 6.86. The molecular weight excluding hydrogens is 272 g/mol. The lowest BCUT2D eigenvalue weighted by molar-refractivity contribution is -0.0444. The fraction of sp³-hybridized carbons (Fsp3) is 0.421. The van der Waals surface area contributed by atoms with E-state index in [-0.39, 0.29) is 6.04 Å². The topological polar surface area (TPSA) is 36.4 Å². The summed E-state index contributed by atoms with van der Waals surface area (Å²) in [6, 6.07) is 10.3. The van der Waals surface area contributed by atoms with E-state index in [1.807, 2.05) is 30.5 Å². The van der Waals surface area contributed by atoms with Crippen LogP contribution in [-0.4, -0.2) is 34.1 Å². The van der Waals surface area contributed by atoms with E-state index in [1.165, 1.54) is 6.42 Å². The predicted octanol–water partition coefficient (Wildman–Crippen LogP) is 3.16. The SMILES string of the molecule is C=CC1CN2CCC1CC2[C@@H](O)c1ccnc2ccccc12. The van der Waals surface area contributed by atoms with Crippen molar-refractivity contribution in [1.82, 2.24) is 9.88 Å². The van der Waals surface area contributed by atoms with Gasteiger partial charge in [-0.2, -0.15) is 0 Å². The Kier molecular flexibility index (Phi) is 3.47. The van der Waals surface area contributed by atoms with Crippen molar-refractivity contribution in [3.05, 3.63) is 54.7 Å². The second-order valence-electron chi connectivity index (χ2n) is 6.61. The quantitative estimate of drug-likeness (QED) is 0.883. The van der Waals surface area contributed by atoms with Gasteiger partial charge in [-0.15, -0.1) is 6.58 Å². The number of piperidine rings is 3. The van der Waals surface area contributed by atoms with Gasteiger partial charge in [-0.25, -0.2) is 0 Å². The van der Waals surface area contributed by atoms with Crippen LogP contribution < -0.4 is 0 Å². The van der Waals surface area contributed by atoms with E-state index in [0.717, 1.165) is 36.0 Å². The normalized spacial score (nSPS) is 32.0. The van der Waals surface area contributed by atoms with Crippen LogP contribution in [0, 0.1) is 11.8 Å². The number of pyridine rings is 1. The molecule has 5 rings (SSSR count). The van der Waals surface area contributed by atoms with Gasteiger partial charge in [0.05, 0.1) is 11.6 Å². The number of aliphatic hydroxyl groups excluding tert-OH is 1. The second kappa shape index (κ2) is 5.49. The van der Waals surface area contributed by atoms with Gasteiger partial charge >= 0.3 is 0 Å². The first-order valence-electron chi connectivity index (χ1n) is 8.16. The van der Waals surface area contributed by atoms with E-state index in [4.69, 9.17) is 0 Å². The van der Waals surface area contributed by atoms with E-state index in [0.29, 0.717) is 11.8 Å². The molecule has 4 unspecified atom stereocenters. The van der Waals surface area contributed by atoms with Crippen LogP contribution in [0.25, 0.3) is 10.9 Å². The molecule has 3 nitrogen and oxygen atoms in total. The largest absolute Gasteiger partial charge is 0.387 e. The Morgan fingerprint density at radius 1 is 1.32 bits per heavy atom. The molecule has 2 bridgehead atoms. The summed E-state index contributed by atoms with van der Waals surface area (Å²) < 4.78 is 0. The molecule has 1 aromatic heterocycles. The summed E-state index contributed by atoms with van der Waals surface area (Å²) in [5.74, 6) is 1.27.